The molecule has 0 saturated carbocycles. The Morgan fingerprint density at radius 2 is 1.71 bits per heavy atom. The van der Waals surface area contributed by atoms with Gasteiger partial charge in [0.25, 0.3) is 0 Å². The van der Waals surface area contributed by atoms with Gasteiger partial charge in [-0.2, -0.15) is 0 Å². The Bertz CT molecular complexity index is 319. The minimum atomic E-state index is -3.11. The molecule has 1 heterocycles. The number of hydrogen-bond donors (Lipinski definition) is 1. The molecular weight excluding hydrogens is 260 g/mol. The normalized spacial score (nSPS) is 19.1. The summed E-state index contributed by atoms with van der Waals surface area (Å²) in [5, 5.41) is 3.25. The van der Waals surface area contributed by atoms with Crippen molar-refractivity contribution in [3.05, 3.63) is 0 Å². The van der Waals surface area contributed by atoms with Crippen molar-refractivity contribution in [3.63, 3.8) is 0 Å². The van der Waals surface area contributed by atoms with Crippen molar-refractivity contribution in [1.82, 2.24) is 9.62 Å². The summed E-state index contributed by atoms with van der Waals surface area (Å²) in [4.78, 5) is 0. The van der Waals surface area contributed by atoms with Gasteiger partial charge in [-0.1, -0.05) is 20.8 Å². The largest absolute Gasteiger partial charge is 0.317 e. The van der Waals surface area contributed by atoms with Crippen molar-refractivity contribution in [2.24, 2.45) is 5.41 Å². The highest BCUT2D eigenvalue weighted by Crippen LogP contribution is 2.21. The van der Waals surface area contributed by atoms with Crippen molar-refractivity contribution >= 4 is 22.4 Å². The average molecular weight is 285 g/mol. The summed E-state index contributed by atoms with van der Waals surface area (Å²) < 4.78 is 25.9. The lowest BCUT2D eigenvalue weighted by Crippen LogP contribution is -2.46. The van der Waals surface area contributed by atoms with Crippen LogP contribution in [0.5, 0.6) is 0 Å². The molecule has 1 aliphatic rings. The van der Waals surface area contributed by atoms with Crippen LogP contribution in [0.25, 0.3) is 0 Å². The quantitative estimate of drug-likeness (QED) is 0.854. The molecule has 0 aromatic rings. The Morgan fingerprint density at radius 3 is 2.12 bits per heavy atom. The molecular formula is C11H25ClN2O2S. The number of halogens is 1. The Morgan fingerprint density at radius 1 is 1.24 bits per heavy atom. The second-order valence-electron chi connectivity index (χ2n) is 5.81. The second-order valence-corrected chi connectivity index (χ2v) is 7.84. The van der Waals surface area contributed by atoms with Gasteiger partial charge in [0.15, 0.2) is 0 Å². The highest BCUT2D eigenvalue weighted by Gasteiger charge is 2.30. The molecule has 0 spiro atoms. The number of sulfonamides is 1. The van der Waals surface area contributed by atoms with Crippen LogP contribution in [0.4, 0.5) is 0 Å². The number of rotatable bonds is 3. The molecule has 0 atom stereocenters. The first-order valence-electron chi connectivity index (χ1n) is 5.89. The van der Waals surface area contributed by atoms with E-state index in [1.54, 1.807) is 11.4 Å². The van der Waals surface area contributed by atoms with Gasteiger partial charge in [-0.3, -0.25) is 0 Å². The maximum absolute atomic E-state index is 12.2. The number of hydrogen-bond acceptors (Lipinski definition) is 3. The summed E-state index contributed by atoms with van der Waals surface area (Å²) in [6.07, 6.45) is 1.83. The van der Waals surface area contributed by atoms with Gasteiger partial charge in [-0.25, -0.2) is 12.7 Å². The van der Waals surface area contributed by atoms with Crippen molar-refractivity contribution in [1.29, 1.82) is 0 Å². The van der Waals surface area contributed by atoms with Crippen LogP contribution in [-0.2, 0) is 10.0 Å². The molecule has 0 aromatic heterocycles. The van der Waals surface area contributed by atoms with Gasteiger partial charge in [0.2, 0.25) is 10.0 Å². The third-order valence-corrected chi connectivity index (χ3v) is 5.28. The van der Waals surface area contributed by atoms with Gasteiger partial charge in [-0.15, -0.1) is 12.4 Å². The minimum absolute atomic E-state index is 0. The third kappa shape index (κ3) is 5.55. The zero-order valence-corrected chi connectivity index (χ0v) is 12.8. The highest BCUT2D eigenvalue weighted by molar-refractivity contribution is 7.89. The van der Waals surface area contributed by atoms with Gasteiger partial charge in [-0.05, 0) is 31.3 Å². The molecule has 0 aromatic carbocycles. The van der Waals surface area contributed by atoms with Crippen LogP contribution in [0.2, 0.25) is 0 Å². The predicted molar refractivity (Wildman–Crippen MR) is 74.1 cm³/mol. The SMILES string of the molecule is CN(C1CCNCC1)S(=O)(=O)CC(C)(C)C.Cl. The highest BCUT2D eigenvalue weighted by atomic mass is 35.5. The molecule has 0 radical (unpaired) electrons. The van der Waals surface area contributed by atoms with E-state index in [-0.39, 0.29) is 29.6 Å². The summed E-state index contributed by atoms with van der Waals surface area (Å²) in [7, 11) is -1.39. The molecule has 4 nitrogen and oxygen atoms in total. The fourth-order valence-corrected chi connectivity index (χ4v) is 4.01. The van der Waals surface area contributed by atoms with E-state index in [1.807, 2.05) is 20.8 Å². The molecule has 1 saturated heterocycles. The van der Waals surface area contributed by atoms with Gasteiger partial charge in [0.1, 0.15) is 0 Å². The van der Waals surface area contributed by atoms with E-state index in [0.717, 1.165) is 25.9 Å². The molecule has 0 amide bonds. The molecule has 0 bridgehead atoms. The Balaban J connectivity index is 0.00000256. The predicted octanol–water partition coefficient (Wildman–Crippen LogP) is 1.47. The summed E-state index contributed by atoms with van der Waals surface area (Å²) >= 11 is 0. The van der Waals surface area contributed by atoms with Crippen LogP contribution in [0.1, 0.15) is 33.6 Å². The Kier molecular flexibility index (Phi) is 6.42. The standard InChI is InChI=1S/C11H24N2O2S.ClH/c1-11(2,3)9-16(14,15)13(4)10-5-7-12-8-6-10;/h10,12H,5-9H2,1-4H3;1H. The van der Waals surface area contributed by atoms with E-state index < -0.39 is 10.0 Å². The summed E-state index contributed by atoms with van der Waals surface area (Å²) in [6.45, 7) is 7.71. The van der Waals surface area contributed by atoms with Crippen molar-refractivity contribution in [2.45, 2.75) is 39.7 Å². The first kappa shape index (κ1) is 17.2. The second kappa shape index (κ2) is 6.36. The van der Waals surface area contributed by atoms with Crippen molar-refractivity contribution in [3.8, 4) is 0 Å². The van der Waals surface area contributed by atoms with Crippen LogP contribution in [0.3, 0.4) is 0 Å². The van der Waals surface area contributed by atoms with E-state index in [1.165, 1.54) is 0 Å². The fraction of sp³-hybridized carbons (Fsp3) is 1.00. The lowest BCUT2D eigenvalue weighted by molar-refractivity contribution is 0.292. The summed E-state index contributed by atoms with van der Waals surface area (Å²) in [5.41, 5.74) is -0.181. The van der Waals surface area contributed by atoms with E-state index in [4.69, 9.17) is 0 Å². The van der Waals surface area contributed by atoms with Crippen LogP contribution < -0.4 is 5.32 Å². The first-order valence-corrected chi connectivity index (χ1v) is 7.50. The molecule has 0 aliphatic carbocycles. The zero-order valence-electron chi connectivity index (χ0n) is 11.2. The zero-order chi connectivity index (χ0) is 12.4. The lowest BCUT2D eigenvalue weighted by Gasteiger charge is -2.32. The molecule has 6 heteroatoms. The third-order valence-electron chi connectivity index (χ3n) is 2.88. The molecule has 1 N–H and O–H groups in total. The van der Waals surface area contributed by atoms with Crippen LogP contribution in [0.15, 0.2) is 0 Å². The van der Waals surface area contributed by atoms with Crippen LogP contribution in [-0.4, -0.2) is 44.7 Å². The Hall–Kier alpha value is 0.160. The average Bonchev–Trinajstić information content (AvgIpc) is 2.14. The van der Waals surface area contributed by atoms with E-state index in [2.05, 4.69) is 5.32 Å². The monoisotopic (exact) mass is 284 g/mol. The van der Waals surface area contributed by atoms with Gasteiger partial charge < -0.3 is 5.32 Å². The molecule has 0 unspecified atom stereocenters. The van der Waals surface area contributed by atoms with Gasteiger partial charge in [0, 0.05) is 13.1 Å². The maximum atomic E-state index is 12.2. The van der Waals surface area contributed by atoms with E-state index >= 15 is 0 Å². The first-order chi connectivity index (χ1) is 7.22. The number of nitrogens with one attached hydrogen (secondary N) is 1. The van der Waals surface area contributed by atoms with Crippen LogP contribution in [0, 0.1) is 5.41 Å². The van der Waals surface area contributed by atoms with Crippen molar-refractivity contribution < 1.29 is 8.42 Å². The molecule has 1 aliphatic heterocycles. The number of piperidine rings is 1. The topological polar surface area (TPSA) is 49.4 Å². The summed E-state index contributed by atoms with van der Waals surface area (Å²) in [5.74, 6) is 0.223. The van der Waals surface area contributed by atoms with Crippen molar-refractivity contribution in [2.75, 3.05) is 25.9 Å². The fourth-order valence-electron chi connectivity index (χ4n) is 2.05. The molecule has 1 rings (SSSR count). The van der Waals surface area contributed by atoms with E-state index in [9.17, 15) is 8.42 Å². The van der Waals surface area contributed by atoms with E-state index in [0.29, 0.717) is 0 Å². The van der Waals surface area contributed by atoms with Gasteiger partial charge in [0.05, 0.1) is 5.75 Å². The smallest absolute Gasteiger partial charge is 0.214 e. The molecule has 17 heavy (non-hydrogen) atoms. The summed E-state index contributed by atoms with van der Waals surface area (Å²) in [6, 6.07) is 0.175. The number of nitrogens with zero attached hydrogens (tertiary/aromatic N) is 1. The maximum Gasteiger partial charge on any atom is 0.214 e. The minimum Gasteiger partial charge on any atom is -0.317 e. The molecule has 104 valence electrons. The van der Waals surface area contributed by atoms with Gasteiger partial charge >= 0.3 is 0 Å². The molecule has 1 fully saturated rings. The van der Waals surface area contributed by atoms with Crippen LogP contribution >= 0.6 is 12.4 Å². The Labute approximate surface area is 112 Å². The lowest BCUT2D eigenvalue weighted by atomic mass is 10.0.